The molecule has 4 aromatic rings. The van der Waals surface area contributed by atoms with Gasteiger partial charge in [-0.3, -0.25) is 9.89 Å². The van der Waals surface area contributed by atoms with Crippen molar-refractivity contribution in [1.82, 2.24) is 19.6 Å². The molecule has 2 heterocycles. The van der Waals surface area contributed by atoms with E-state index >= 15 is 0 Å². The molecule has 0 radical (unpaired) electrons. The van der Waals surface area contributed by atoms with Crippen molar-refractivity contribution in [2.24, 2.45) is 0 Å². The maximum Gasteiger partial charge on any atom is 0.266 e. The van der Waals surface area contributed by atoms with Gasteiger partial charge in [-0.05, 0) is 55.7 Å². The van der Waals surface area contributed by atoms with E-state index in [0.29, 0.717) is 34.6 Å². The zero-order valence-electron chi connectivity index (χ0n) is 17.0. The fourth-order valence-corrected chi connectivity index (χ4v) is 4.11. The SMILES string of the molecule is Cc1cc(OCCCSc2nc(-c3cccc(F)c3)nc3cc(=O)[nH]n23)cc(C)c1Cl. The molecule has 0 saturated carbocycles. The molecule has 0 bridgehead atoms. The van der Waals surface area contributed by atoms with Gasteiger partial charge in [0.1, 0.15) is 11.6 Å². The van der Waals surface area contributed by atoms with Crippen LogP contribution in [0.2, 0.25) is 5.02 Å². The van der Waals surface area contributed by atoms with Gasteiger partial charge in [0.15, 0.2) is 16.6 Å². The first kappa shape index (κ1) is 21.4. The Bertz CT molecular complexity index is 1280. The molecule has 0 aliphatic rings. The molecule has 0 amide bonds. The Morgan fingerprint density at radius 2 is 1.94 bits per heavy atom. The summed E-state index contributed by atoms with van der Waals surface area (Å²) in [5.74, 6) is 1.49. The highest BCUT2D eigenvalue weighted by Crippen LogP contribution is 2.26. The Morgan fingerprint density at radius 1 is 1.16 bits per heavy atom. The van der Waals surface area contributed by atoms with Gasteiger partial charge in [0.25, 0.3) is 5.56 Å². The molecule has 0 atom stereocenters. The van der Waals surface area contributed by atoms with Gasteiger partial charge in [0.05, 0.1) is 6.61 Å². The summed E-state index contributed by atoms with van der Waals surface area (Å²) >= 11 is 7.66. The number of halogens is 2. The van der Waals surface area contributed by atoms with Crippen molar-refractivity contribution < 1.29 is 9.13 Å². The number of thioether (sulfide) groups is 1. The molecule has 0 saturated heterocycles. The van der Waals surface area contributed by atoms with E-state index in [4.69, 9.17) is 16.3 Å². The normalized spacial score (nSPS) is 11.2. The Balaban J connectivity index is 1.46. The predicted octanol–water partition coefficient (Wildman–Crippen LogP) is 5.06. The quantitative estimate of drug-likeness (QED) is 0.310. The van der Waals surface area contributed by atoms with E-state index in [0.717, 1.165) is 28.3 Å². The maximum absolute atomic E-state index is 13.6. The molecule has 2 aromatic carbocycles. The van der Waals surface area contributed by atoms with Crippen LogP contribution < -0.4 is 10.3 Å². The molecule has 4 rings (SSSR count). The van der Waals surface area contributed by atoms with Gasteiger partial charge < -0.3 is 4.74 Å². The van der Waals surface area contributed by atoms with Gasteiger partial charge in [0.2, 0.25) is 0 Å². The Kier molecular flexibility index (Phi) is 6.29. The summed E-state index contributed by atoms with van der Waals surface area (Å²) in [6, 6.07) is 11.3. The van der Waals surface area contributed by atoms with Gasteiger partial charge in [-0.1, -0.05) is 35.5 Å². The Morgan fingerprint density at radius 3 is 2.68 bits per heavy atom. The van der Waals surface area contributed by atoms with Crippen molar-refractivity contribution in [2.75, 3.05) is 12.4 Å². The molecule has 0 fully saturated rings. The summed E-state index contributed by atoms with van der Waals surface area (Å²) in [5, 5.41) is 4.03. The number of ether oxygens (including phenoxy) is 1. The van der Waals surface area contributed by atoms with Crippen molar-refractivity contribution >= 4 is 29.0 Å². The molecule has 31 heavy (non-hydrogen) atoms. The minimum Gasteiger partial charge on any atom is -0.494 e. The lowest BCUT2D eigenvalue weighted by Crippen LogP contribution is -2.05. The molecule has 1 N–H and O–H groups in total. The smallest absolute Gasteiger partial charge is 0.266 e. The van der Waals surface area contributed by atoms with E-state index in [9.17, 15) is 9.18 Å². The number of H-pyrrole nitrogens is 1. The van der Waals surface area contributed by atoms with Crippen LogP contribution >= 0.6 is 23.4 Å². The van der Waals surface area contributed by atoms with Crippen LogP contribution in [0.4, 0.5) is 4.39 Å². The molecule has 0 aliphatic carbocycles. The van der Waals surface area contributed by atoms with E-state index in [-0.39, 0.29) is 11.4 Å². The summed E-state index contributed by atoms with van der Waals surface area (Å²) in [6.07, 6.45) is 0.762. The second-order valence-corrected chi connectivity index (χ2v) is 8.52. The van der Waals surface area contributed by atoms with Gasteiger partial charge in [-0.2, -0.15) is 0 Å². The number of nitrogens with zero attached hydrogens (tertiary/aromatic N) is 3. The van der Waals surface area contributed by atoms with Crippen LogP contribution in [-0.4, -0.2) is 31.9 Å². The van der Waals surface area contributed by atoms with Crippen molar-refractivity contribution in [3.8, 4) is 17.1 Å². The number of aryl methyl sites for hydroxylation is 2. The van der Waals surface area contributed by atoms with E-state index in [1.165, 1.54) is 30.0 Å². The average Bonchev–Trinajstić information content (AvgIpc) is 3.12. The van der Waals surface area contributed by atoms with Crippen LogP contribution in [0.25, 0.3) is 17.0 Å². The van der Waals surface area contributed by atoms with Crippen LogP contribution in [0.15, 0.2) is 52.4 Å². The van der Waals surface area contributed by atoms with E-state index < -0.39 is 0 Å². The average molecular weight is 459 g/mol. The number of benzene rings is 2. The molecule has 9 heteroatoms. The van der Waals surface area contributed by atoms with Crippen LogP contribution in [0, 0.1) is 19.7 Å². The topological polar surface area (TPSA) is 72.3 Å². The minimum atomic E-state index is -0.369. The molecule has 160 valence electrons. The lowest BCUT2D eigenvalue weighted by Gasteiger charge is -2.10. The zero-order chi connectivity index (χ0) is 22.0. The highest BCUT2D eigenvalue weighted by Gasteiger charge is 2.12. The number of aromatic nitrogens is 4. The largest absolute Gasteiger partial charge is 0.494 e. The van der Waals surface area contributed by atoms with Crippen molar-refractivity contribution in [3.05, 3.63) is 74.8 Å². The first-order chi connectivity index (χ1) is 14.9. The van der Waals surface area contributed by atoms with Crippen LogP contribution in [0.5, 0.6) is 5.75 Å². The summed E-state index contributed by atoms with van der Waals surface area (Å²) < 4.78 is 21.0. The predicted molar refractivity (Wildman–Crippen MR) is 121 cm³/mol. The summed E-state index contributed by atoms with van der Waals surface area (Å²) in [6.45, 7) is 4.43. The fourth-order valence-electron chi connectivity index (χ4n) is 3.14. The molecule has 6 nitrogen and oxygen atoms in total. The van der Waals surface area contributed by atoms with Gasteiger partial charge in [0, 0.05) is 22.4 Å². The zero-order valence-corrected chi connectivity index (χ0v) is 18.6. The Labute approximate surface area is 187 Å². The standard InChI is InChI=1S/C22H20ClFN4O2S/c1-13-9-17(10-14(2)20(13)23)30-7-4-8-31-22-26-21(15-5-3-6-16(24)11-15)25-18-12-19(29)27-28(18)22/h3,5-6,9-12H,4,7-8H2,1-2H3,(H,27,29). The second-order valence-electron chi connectivity index (χ2n) is 7.08. The lowest BCUT2D eigenvalue weighted by molar-refractivity contribution is 0.318. The van der Waals surface area contributed by atoms with Gasteiger partial charge >= 0.3 is 0 Å². The molecule has 0 aliphatic heterocycles. The van der Waals surface area contributed by atoms with Crippen molar-refractivity contribution in [1.29, 1.82) is 0 Å². The number of hydrogen-bond acceptors (Lipinski definition) is 5. The summed E-state index contributed by atoms with van der Waals surface area (Å²) in [7, 11) is 0. The molecule has 0 unspecified atom stereocenters. The number of hydrogen-bond donors (Lipinski definition) is 1. The van der Waals surface area contributed by atoms with E-state index in [1.807, 2.05) is 26.0 Å². The number of fused-ring (bicyclic) bond motifs is 1. The van der Waals surface area contributed by atoms with Gasteiger partial charge in [-0.15, -0.1) is 0 Å². The first-order valence-electron chi connectivity index (χ1n) is 9.69. The molecule has 0 spiro atoms. The van der Waals surface area contributed by atoms with Crippen LogP contribution in [0.3, 0.4) is 0 Å². The van der Waals surface area contributed by atoms with Crippen molar-refractivity contribution in [3.63, 3.8) is 0 Å². The molecular weight excluding hydrogens is 439 g/mol. The van der Waals surface area contributed by atoms with Crippen LogP contribution in [-0.2, 0) is 0 Å². The van der Waals surface area contributed by atoms with Crippen molar-refractivity contribution in [2.45, 2.75) is 25.4 Å². The van der Waals surface area contributed by atoms with Gasteiger partial charge in [-0.25, -0.2) is 18.9 Å². The number of rotatable bonds is 7. The van der Waals surface area contributed by atoms with E-state index in [1.54, 1.807) is 16.6 Å². The summed E-state index contributed by atoms with van der Waals surface area (Å²) in [4.78, 5) is 20.7. The van der Waals surface area contributed by atoms with E-state index in [2.05, 4.69) is 15.1 Å². The maximum atomic E-state index is 13.6. The third kappa shape index (κ3) is 4.91. The number of nitrogens with one attached hydrogen (secondary N) is 1. The highest BCUT2D eigenvalue weighted by atomic mass is 35.5. The third-order valence-electron chi connectivity index (χ3n) is 4.61. The molecular formula is C22H20ClFN4O2S. The Hall–Kier alpha value is -2.84. The van der Waals surface area contributed by atoms with Crippen LogP contribution in [0.1, 0.15) is 17.5 Å². The monoisotopic (exact) mass is 458 g/mol. The highest BCUT2D eigenvalue weighted by molar-refractivity contribution is 7.99. The summed E-state index contributed by atoms with van der Waals surface area (Å²) in [5.41, 5.74) is 2.68. The molecule has 2 aromatic heterocycles. The lowest BCUT2D eigenvalue weighted by atomic mass is 10.1. The fraction of sp³-hybridized carbons (Fsp3) is 0.227. The third-order valence-corrected chi connectivity index (χ3v) is 6.23. The second kappa shape index (κ2) is 9.11. The first-order valence-corrected chi connectivity index (χ1v) is 11.0. The minimum absolute atomic E-state index is 0.274. The number of aromatic amines is 1.